The molecule has 0 saturated carbocycles. The lowest BCUT2D eigenvalue weighted by Crippen LogP contribution is -2.06. The molecule has 0 saturated heterocycles. The van der Waals surface area contributed by atoms with Crippen LogP contribution < -0.4 is 4.74 Å². The number of carboxylic acids is 1. The maximum Gasteiger partial charge on any atom is 0.339 e. The second-order valence-electron chi connectivity index (χ2n) is 4.16. The molecule has 17 heavy (non-hydrogen) atoms. The van der Waals surface area contributed by atoms with Crippen molar-refractivity contribution in [2.75, 3.05) is 6.61 Å². The molecule has 0 aliphatic rings. The molecule has 1 N–H and O–H groups in total. The third-order valence-corrected chi connectivity index (χ3v) is 2.70. The third-order valence-electron chi connectivity index (χ3n) is 2.70. The number of aryl methyl sites for hydroxylation is 1. The number of carboxylic acid groups (broad SMARTS) is 1. The van der Waals surface area contributed by atoms with Crippen LogP contribution in [0, 0.1) is 6.92 Å². The van der Waals surface area contributed by atoms with Gasteiger partial charge in [-0.15, -0.1) is 0 Å². The Morgan fingerprint density at radius 3 is 2.71 bits per heavy atom. The van der Waals surface area contributed by atoms with Crippen molar-refractivity contribution in [3.05, 3.63) is 29.3 Å². The molecule has 0 aliphatic heterocycles. The Balaban J connectivity index is 2.58. The van der Waals surface area contributed by atoms with Crippen molar-refractivity contribution >= 4 is 5.97 Å². The van der Waals surface area contributed by atoms with E-state index in [2.05, 4.69) is 6.92 Å². The minimum absolute atomic E-state index is 0.281. The molecule has 1 rings (SSSR count). The van der Waals surface area contributed by atoms with Gasteiger partial charge in [0.1, 0.15) is 11.3 Å². The maximum atomic E-state index is 11.1. The smallest absolute Gasteiger partial charge is 0.339 e. The Morgan fingerprint density at radius 1 is 1.29 bits per heavy atom. The zero-order chi connectivity index (χ0) is 12.7. The van der Waals surface area contributed by atoms with Crippen LogP contribution in [0.15, 0.2) is 18.2 Å². The van der Waals surface area contributed by atoms with Gasteiger partial charge < -0.3 is 9.84 Å². The second kappa shape index (κ2) is 6.94. The van der Waals surface area contributed by atoms with Gasteiger partial charge >= 0.3 is 5.97 Å². The van der Waals surface area contributed by atoms with Crippen molar-refractivity contribution < 1.29 is 14.6 Å². The Morgan fingerprint density at radius 2 is 2.06 bits per heavy atom. The summed E-state index contributed by atoms with van der Waals surface area (Å²) in [5, 5.41) is 9.11. The summed E-state index contributed by atoms with van der Waals surface area (Å²) >= 11 is 0. The summed E-state index contributed by atoms with van der Waals surface area (Å²) < 4.78 is 5.55. The summed E-state index contributed by atoms with van der Waals surface area (Å²) in [6.07, 6.45) is 4.49. The third kappa shape index (κ3) is 4.10. The van der Waals surface area contributed by atoms with Gasteiger partial charge in [0, 0.05) is 0 Å². The molecule has 0 heterocycles. The van der Waals surface area contributed by atoms with Crippen molar-refractivity contribution in [3.8, 4) is 5.75 Å². The van der Waals surface area contributed by atoms with Gasteiger partial charge in [0.05, 0.1) is 6.61 Å². The molecule has 94 valence electrons. The lowest BCUT2D eigenvalue weighted by atomic mass is 10.1. The van der Waals surface area contributed by atoms with Crippen molar-refractivity contribution in [2.45, 2.75) is 39.5 Å². The molecule has 3 heteroatoms. The van der Waals surface area contributed by atoms with E-state index in [1.807, 2.05) is 6.07 Å². The van der Waals surface area contributed by atoms with Gasteiger partial charge in [-0.3, -0.25) is 0 Å². The number of carbonyl (C=O) groups is 1. The van der Waals surface area contributed by atoms with Gasteiger partial charge in [0.15, 0.2) is 0 Å². The van der Waals surface area contributed by atoms with Crippen LogP contribution in [0.4, 0.5) is 0 Å². The second-order valence-corrected chi connectivity index (χ2v) is 4.16. The number of hydrogen-bond acceptors (Lipinski definition) is 2. The fraction of sp³-hybridized carbons (Fsp3) is 0.500. The molecule has 0 amide bonds. The van der Waals surface area contributed by atoms with Crippen LogP contribution in [0.25, 0.3) is 0 Å². The number of rotatable bonds is 7. The number of ether oxygens (including phenoxy) is 1. The highest BCUT2D eigenvalue weighted by molar-refractivity contribution is 5.92. The van der Waals surface area contributed by atoms with Gasteiger partial charge in [0.25, 0.3) is 0 Å². The highest BCUT2D eigenvalue weighted by Crippen LogP contribution is 2.22. The zero-order valence-electron chi connectivity index (χ0n) is 10.5. The summed E-state index contributed by atoms with van der Waals surface area (Å²) in [4.78, 5) is 11.1. The van der Waals surface area contributed by atoms with E-state index in [9.17, 15) is 4.79 Å². The summed E-state index contributed by atoms with van der Waals surface area (Å²) in [7, 11) is 0. The van der Waals surface area contributed by atoms with E-state index in [1.54, 1.807) is 19.1 Å². The summed E-state index contributed by atoms with van der Waals surface area (Å²) in [6.45, 7) is 4.53. The first-order valence-corrected chi connectivity index (χ1v) is 6.12. The normalized spacial score (nSPS) is 10.2. The average molecular weight is 236 g/mol. The fourth-order valence-corrected chi connectivity index (χ4v) is 1.75. The topological polar surface area (TPSA) is 46.5 Å². The van der Waals surface area contributed by atoms with Gasteiger partial charge in [-0.05, 0) is 25.0 Å². The van der Waals surface area contributed by atoms with Crippen LogP contribution in [-0.4, -0.2) is 17.7 Å². The van der Waals surface area contributed by atoms with E-state index in [0.29, 0.717) is 12.4 Å². The van der Waals surface area contributed by atoms with Crippen LogP contribution >= 0.6 is 0 Å². The minimum Gasteiger partial charge on any atom is -0.493 e. The first kappa shape index (κ1) is 13.6. The highest BCUT2D eigenvalue weighted by atomic mass is 16.5. The predicted octanol–water partition coefficient (Wildman–Crippen LogP) is 3.65. The quantitative estimate of drug-likeness (QED) is 0.735. The Hall–Kier alpha value is -1.51. The SMILES string of the molecule is CCCCCCOc1cccc(C)c1C(=O)O. The Bertz CT molecular complexity index is 372. The molecule has 0 unspecified atom stereocenters. The predicted molar refractivity (Wildman–Crippen MR) is 67.8 cm³/mol. The van der Waals surface area contributed by atoms with Crippen molar-refractivity contribution in [2.24, 2.45) is 0 Å². The van der Waals surface area contributed by atoms with Gasteiger partial charge in [-0.25, -0.2) is 4.79 Å². The lowest BCUT2D eigenvalue weighted by Gasteiger charge is -2.10. The molecular weight excluding hydrogens is 216 g/mol. The van der Waals surface area contributed by atoms with Gasteiger partial charge in [-0.2, -0.15) is 0 Å². The molecule has 3 nitrogen and oxygen atoms in total. The maximum absolute atomic E-state index is 11.1. The van der Waals surface area contributed by atoms with Crippen LogP contribution in [0.1, 0.15) is 48.5 Å². The van der Waals surface area contributed by atoms with Gasteiger partial charge in [-0.1, -0.05) is 38.3 Å². The first-order valence-electron chi connectivity index (χ1n) is 6.12. The molecule has 0 spiro atoms. The summed E-state index contributed by atoms with van der Waals surface area (Å²) in [5.41, 5.74) is 1.02. The van der Waals surface area contributed by atoms with E-state index in [1.165, 1.54) is 12.8 Å². The molecule has 0 fully saturated rings. The molecule has 0 aromatic heterocycles. The van der Waals surface area contributed by atoms with E-state index in [-0.39, 0.29) is 5.56 Å². The molecule has 1 aromatic carbocycles. The number of aromatic carboxylic acids is 1. The fourth-order valence-electron chi connectivity index (χ4n) is 1.75. The van der Waals surface area contributed by atoms with Crippen LogP contribution in [0.5, 0.6) is 5.75 Å². The Labute approximate surface area is 102 Å². The van der Waals surface area contributed by atoms with Crippen molar-refractivity contribution in [1.29, 1.82) is 0 Å². The number of benzene rings is 1. The molecule has 0 aliphatic carbocycles. The molecule has 0 bridgehead atoms. The highest BCUT2D eigenvalue weighted by Gasteiger charge is 2.13. The van der Waals surface area contributed by atoms with Crippen molar-refractivity contribution in [3.63, 3.8) is 0 Å². The monoisotopic (exact) mass is 236 g/mol. The largest absolute Gasteiger partial charge is 0.493 e. The summed E-state index contributed by atoms with van der Waals surface area (Å²) in [5.74, 6) is -0.444. The lowest BCUT2D eigenvalue weighted by molar-refractivity contribution is 0.0691. The van der Waals surface area contributed by atoms with Gasteiger partial charge in [0.2, 0.25) is 0 Å². The van der Waals surface area contributed by atoms with E-state index in [4.69, 9.17) is 9.84 Å². The van der Waals surface area contributed by atoms with Crippen molar-refractivity contribution in [1.82, 2.24) is 0 Å². The first-order chi connectivity index (χ1) is 8.16. The van der Waals surface area contributed by atoms with Crippen LogP contribution in [0.2, 0.25) is 0 Å². The standard InChI is InChI=1S/C14H20O3/c1-3-4-5-6-10-17-12-9-7-8-11(2)13(12)14(15)16/h7-9H,3-6,10H2,1-2H3,(H,15,16). The van der Waals surface area contributed by atoms with E-state index in [0.717, 1.165) is 18.4 Å². The van der Waals surface area contributed by atoms with E-state index >= 15 is 0 Å². The number of hydrogen-bond donors (Lipinski definition) is 1. The van der Waals surface area contributed by atoms with Crippen LogP contribution in [-0.2, 0) is 0 Å². The molecule has 1 aromatic rings. The average Bonchev–Trinajstić information content (AvgIpc) is 2.28. The Kier molecular flexibility index (Phi) is 5.53. The summed E-state index contributed by atoms with van der Waals surface area (Å²) in [6, 6.07) is 5.33. The minimum atomic E-state index is -0.924. The number of unbranched alkanes of at least 4 members (excludes halogenated alkanes) is 3. The molecule has 0 atom stereocenters. The molecule has 0 radical (unpaired) electrons. The molecular formula is C14H20O3. The zero-order valence-corrected chi connectivity index (χ0v) is 10.5. The van der Waals surface area contributed by atoms with E-state index < -0.39 is 5.97 Å². The van der Waals surface area contributed by atoms with Crippen LogP contribution in [0.3, 0.4) is 0 Å².